The number of nitrogens with one attached hydrogen (secondary N) is 1. The molecule has 124 valence electrons. The zero-order valence-electron chi connectivity index (χ0n) is 12.9. The number of primary amides is 1. The van der Waals surface area contributed by atoms with Crippen LogP contribution in [-0.2, 0) is 16.1 Å². The van der Waals surface area contributed by atoms with Crippen LogP contribution in [-0.4, -0.2) is 47.7 Å². The van der Waals surface area contributed by atoms with Crippen LogP contribution in [0.25, 0.3) is 0 Å². The number of benzene rings is 1. The standard InChI is InChI=1S/C15H20N4O4/c1-18(14(16)21)19-9-5-8-12(13(19)20)17-15(22)23-10-11-6-3-2-4-7-11/h2-4,6-7,12H,5,8-10H2,1H3,(H2,16,21)(H,17,22)/t12-/m0/s1. The van der Waals surface area contributed by atoms with Gasteiger partial charge in [0.05, 0.1) is 0 Å². The molecule has 0 saturated carbocycles. The van der Waals surface area contributed by atoms with Gasteiger partial charge < -0.3 is 15.8 Å². The number of hydrogen-bond acceptors (Lipinski definition) is 4. The predicted octanol–water partition coefficient (Wildman–Crippen LogP) is 0.829. The zero-order valence-corrected chi connectivity index (χ0v) is 12.9. The lowest BCUT2D eigenvalue weighted by molar-refractivity contribution is -0.148. The van der Waals surface area contributed by atoms with Gasteiger partial charge in [-0.1, -0.05) is 30.3 Å². The average molecular weight is 320 g/mol. The summed E-state index contributed by atoms with van der Waals surface area (Å²) in [6.45, 7) is 0.508. The van der Waals surface area contributed by atoms with Crippen LogP contribution in [0.3, 0.4) is 0 Å². The fourth-order valence-corrected chi connectivity index (χ4v) is 2.32. The number of amides is 4. The van der Waals surface area contributed by atoms with Crippen LogP contribution in [0, 0.1) is 0 Å². The lowest BCUT2D eigenvalue weighted by Gasteiger charge is -2.36. The topological polar surface area (TPSA) is 105 Å². The number of hydrogen-bond donors (Lipinski definition) is 2. The SMILES string of the molecule is CN(C(N)=O)N1CCC[C@H](NC(=O)OCc2ccccc2)C1=O. The molecule has 0 bridgehead atoms. The number of nitrogens with two attached hydrogens (primary N) is 1. The first-order valence-electron chi connectivity index (χ1n) is 7.30. The Morgan fingerprint density at radius 2 is 2.09 bits per heavy atom. The highest BCUT2D eigenvalue weighted by Gasteiger charge is 2.33. The quantitative estimate of drug-likeness (QED) is 0.857. The van der Waals surface area contributed by atoms with Gasteiger partial charge in [0.1, 0.15) is 12.6 Å². The van der Waals surface area contributed by atoms with E-state index in [1.54, 1.807) is 0 Å². The molecule has 0 aliphatic carbocycles. The fraction of sp³-hybridized carbons (Fsp3) is 0.400. The van der Waals surface area contributed by atoms with Crippen LogP contribution in [0.4, 0.5) is 9.59 Å². The second-order valence-corrected chi connectivity index (χ2v) is 5.22. The van der Waals surface area contributed by atoms with Crippen molar-refractivity contribution in [2.45, 2.75) is 25.5 Å². The van der Waals surface area contributed by atoms with Gasteiger partial charge in [-0.25, -0.2) is 19.6 Å². The number of carbonyl (C=O) groups excluding carboxylic acids is 3. The van der Waals surface area contributed by atoms with E-state index < -0.39 is 18.2 Å². The summed E-state index contributed by atoms with van der Waals surface area (Å²) in [5.41, 5.74) is 6.02. The Kier molecular flexibility index (Phi) is 5.40. The lowest BCUT2D eigenvalue weighted by Crippen LogP contribution is -2.59. The minimum Gasteiger partial charge on any atom is -0.445 e. The van der Waals surface area contributed by atoms with Crippen LogP contribution in [0.1, 0.15) is 18.4 Å². The van der Waals surface area contributed by atoms with Crippen LogP contribution in [0.2, 0.25) is 0 Å². The Balaban J connectivity index is 1.87. The molecule has 1 aromatic rings. The highest BCUT2D eigenvalue weighted by atomic mass is 16.5. The van der Waals surface area contributed by atoms with Crippen molar-refractivity contribution in [2.75, 3.05) is 13.6 Å². The minimum atomic E-state index is -0.731. The minimum absolute atomic E-state index is 0.123. The van der Waals surface area contributed by atoms with E-state index in [2.05, 4.69) is 5.32 Å². The molecule has 2 rings (SSSR count). The summed E-state index contributed by atoms with van der Waals surface area (Å²) in [6, 6.07) is 7.77. The van der Waals surface area contributed by atoms with Gasteiger partial charge in [0, 0.05) is 13.6 Å². The van der Waals surface area contributed by atoms with Gasteiger partial charge in [-0.15, -0.1) is 0 Å². The number of carbonyl (C=O) groups is 3. The molecule has 0 spiro atoms. The van der Waals surface area contributed by atoms with Gasteiger partial charge in [0.25, 0.3) is 5.91 Å². The van der Waals surface area contributed by atoms with E-state index in [1.807, 2.05) is 30.3 Å². The van der Waals surface area contributed by atoms with Gasteiger partial charge >= 0.3 is 12.1 Å². The Morgan fingerprint density at radius 3 is 2.74 bits per heavy atom. The summed E-state index contributed by atoms with van der Waals surface area (Å²) in [5, 5.41) is 4.81. The second kappa shape index (κ2) is 7.48. The van der Waals surface area contributed by atoms with Gasteiger partial charge in [-0.3, -0.25) is 4.79 Å². The first-order chi connectivity index (χ1) is 11.0. The van der Waals surface area contributed by atoms with Crippen molar-refractivity contribution >= 4 is 18.0 Å². The molecular formula is C15H20N4O4. The molecular weight excluding hydrogens is 300 g/mol. The molecule has 0 radical (unpaired) electrons. The summed E-state index contributed by atoms with van der Waals surface area (Å²) in [7, 11) is 1.41. The van der Waals surface area contributed by atoms with Crippen molar-refractivity contribution in [3.8, 4) is 0 Å². The van der Waals surface area contributed by atoms with Crippen LogP contribution < -0.4 is 11.1 Å². The molecule has 3 N–H and O–H groups in total. The average Bonchev–Trinajstić information content (AvgIpc) is 2.55. The van der Waals surface area contributed by atoms with Gasteiger partial charge in [0.15, 0.2) is 0 Å². The molecule has 1 fully saturated rings. The van der Waals surface area contributed by atoms with E-state index in [0.29, 0.717) is 19.4 Å². The largest absolute Gasteiger partial charge is 0.445 e. The van der Waals surface area contributed by atoms with Crippen molar-refractivity contribution in [1.29, 1.82) is 0 Å². The number of ether oxygens (including phenoxy) is 1. The molecule has 1 aliphatic heterocycles. The molecule has 1 aliphatic rings. The maximum absolute atomic E-state index is 12.3. The van der Waals surface area contributed by atoms with E-state index >= 15 is 0 Å². The molecule has 0 unspecified atom stereocenters. The predicted molar refractivity (Wildman–Crippen MR) is 81.8 cm³/mol. The van der Waals surface area contributed by atoms with Gasteiger partial charge in [0.2, 0.25) is 0 Å². The number of piperidine rings is 1. The number of rotatable bonds is 4. The molecule has 1 heterocycles. The molecule has 1 atom stereocenters. The molecule has 8 heteroatoms. The Labute approximate surface area is 134 Å². The summed E-state index contributed by atoms with van der Waals surface area (Å²) in [6.07, 6.45) is 0.464. The Hall–Kier alpha value is -2.77. The van der Waals surface area contributed by atoms with E-state index in [0.717, 1.165) is 10.6 Å². The molecule has 8 nitrogen and oxygen atoms in total. The van der Waals surface area contributed by atoms with Crippen LogP contribution in [0.15, 0.2) is 30.3 Å². The van der Waals surface area contributed by atoms with Crippen molar-refractivity contribution in [3.05, 3.63) is 35.9 Å². The Bertz CT molecular complexity index is 578. The van der Waals surface area contributed by atoms with E-state index in [4.69, 9.17) is 10.5 Å². The first kappa shape index (κ1) is 16.6. The Morgan fingerprint density at radius 1 is 1.39 bits per heavy atom. The smallest absolute Gasteiger partial charge is 0.408 e. The number of nitrogens with zero attached hydrogens (tertiary/aromatic N) is 2. The first-order valence-corrected chi connectivity index (χ1v) is 7.30. The third-order valence-electron chi connectivity index (χ3n) is 3.60. The molecule has 1 saturated heterocycles. The van der Waals surface area contributed by atoms with Crippen LogP contribution >= 0.6 is 0 Å². The summed E-state index contributed by atoms with van der Waals surface area (Å²) in [4.78, 5) is 35.3. The molecule has 0 aromatic heterocycles. The molecule has 23 heavy (non-hydrogen) atoms. The summed E-state index contributed by atoms with van der Waals surface area (Å²) >= 11 is 0. The highest BCUT2D eigenvalue weighted by molar-refractivity contribution is 5.87. The maximum atomic E-state index is 12.3. The fourth-order valence-electron chi connectivity index (χ4n) is 2.32. The third kappa shape index (κ3) is 4.35. The number of urea groups is 1. The molecule has 1 aromatic carbocycles. The lowest BCUT2D eigenvalue weighted by atomic mass is 10.1. The van der Waals surface area contributed by atoms with Gasteiger partial charge in [-0.05, 0) is 18.4 Å². The second-order valence-electron chi connectivity index (χ2n) is 5.22. The summed E-state index contributed by atoms with van der Waals surface area (Å²) < 4.78 is 5.10. The van der Waals surface area contributed by atoms with E-state index in [-0.39, 0.29) is 12.5 Å². The number of alkyl carbamates (subject to hydrolysis) is 1. The normalized spacial score (nSPS) is 17.5. The van der Waals surface area contributed by atoms with Crippen molar-refractivity contribution in [1.82, 2.24) is 15.3 Å². The number of hydrazine groups is 1. The van der Waals surface area contributed by atoms with Crippen molar-refractivity contribution in [3.63, 3.8) is 0 Å². The monoisotopic (exact) mass is 320 g/mol. The van der Waals surface area contributed by atoms with Gasteiger partial charge in [-0.2, -0.15) is 0 Å². The third-order valence-corrected chi connectivity index (χ3v) is 3.60. The zero-order chi connectivity index (χ0) is 16.8. The molecule has 4 amide bonds. The highest BCUT2D eigenvalue weighted by Crippen LogP contribution is 2.13. The van der Waals surface area contributed by atoms with Crippen molar-refractivity contribution < 1.29 is 19.1 Å². The van der Waals surface area contributed by atoms with E-state index in [1.165, 1.54) is 12.1 Å². The van der Waals surface area contributed by atoms with Crippen molar-refractivity contribution in [2.24, 2.45) is 5.73 Å². The van der Waals surface area contributed by atoms with Crippen LogP contribution in [0.5, 0.6) is 0 Å². The maximum Gasteiger partial charge on any atom is 0.408 e. The summed E-state index contributed by atoms with van der Waals surface area (Å²) in [5.74, 6) is -0.380. The van der Waals surface area contributed by atoms with E-state index in [9.17, 15) is 14.4 Å².